The van der Waals surface area contributed by atoms with E-state index in [-0.39, 0.29) is 11.5 Å². The van der Waals surface area contributed by atoms with Crippen molar-refractivity contribution in [3.63, 3.8) is 0 Å². The Bertz CT molecular complexity index is 553. The molecule has 0 aliphatic heterocycles. The van der Waals surface area contributed by atoms with E-state index in [2.05, 4.69) is 0 Å². The second kappa shape index (κ2) is 4.55. The number of ether oxygens (including phenoxy) is 2. The number of hydrogen-bond acceptors (Lipinski definition) is 6. The average Bonchev–Trinajstić information content (AvgIpc) is 2.25. The lowest BCUT2D eigenvalue weighted by atomic mass is 10.3. The third kappa shape index (κ3) is 2.63. The fraction of sp³-hybridized carbons (Fsp3) is 0.250. The molecule has 0 radical (unpaired) electrons. The molecule has 2 N–H and O–H groups in total. The number of nitro benzene ring substituents is 1. The summed E-state index contributed by atoms with van der Waals surface area (Å²) in [5.74, 6) is 0.0914. The van der Waals surface area contributed by atoms with Crippen LogP contribution in [-0.2, 0) is 10.0 Å². The van der Waals surface area contributed by atoms with Gasteiger partial charge < -0.3 is 9.47 Å². The molecule has 1 rings (SSSR count). The molecule has 0 heterocycles. The van der Waals surface area contributed by atoms with Crippen molar-refractivity contribution in [3.05, 3.63) is 22.2 Å². The van der Waals surface area contributed by atoms with Crippen LogP contribution in [0.15, 0.2) is 17.0 Å². The number of nitro groups is 1. The maximum absolute atomic E-state index is 11.2. The third-order valence-corrected chi connectivity index (χ3v) is 2.91. The zero-order chi connectivity index (χ0) is 13.2. The molecular weight excluding hydrogens is 252 g/mol. The number of rotatable bonds is 4. The molecule has 0 unspecified atom stereocenters. The summed E-state index contributed by atoms with van der Waals surface area (Å²) in [4.78, 5) is 9.24. The molecule has 17 heavy (non-hydrogen) atoms. The first kappa shape index (κ1) is 13.2. The van der Waals surface area contributed by atoms with Crippen LogP contribution in [0.4, 0.5) is 5.69 Å². The van der Waals surface area contributed by atoms with Gasteiger partial charge in [-0.15, -0.1) is 0 Å². The van der Waals surface area contributed by atoms with E-state index in [4.69, 9.17) is 14.6 Å². The summed E-state index contributed by atoms with van der Waals surface area (Å²) < 4.78 is 32.1. The van der Waals surface area contributed by atoms with E-state index in [1.165, 1.54) is 14.2 Å². The van der Waals surface area contributed by atoms with Gasteiger partial charge in [-0.3, -0.25) is 10.1 Å². The lowest BCUT2D eigenvalue weighted by molar-refractivity contribution is -0.387. The number of nitrogens with two attached hydrogens (primary N) is 1. The van der Waals surface area contributed by atoms with Crippen LogP contribution in [0.2, 0.25) is 0 Å². The van der Waals surface area contributed by atoms with Gasteiger partial charge >= 0.3 is 0 Å². The molecular formula is C8H10N2O6S. The summed E-state index contributed by atoms with van der Waals surface area (Å²) in [5, 5.41) is 15.6. The highest BCUT2D eigenvalue weighted by Crippen LogP contribution is 2.36. The van der Waals surface area contributed by atoms with Gasteiger partial charge in [0.2, 0.25) is 10.0 Å². The fourth-order valence-corrected chi connectivity index (χ4v) is 1.92. The smallest absolute Gasteiger partial charge is 0.293 e. The Morgan fingerprint density at radius 1 is 1.24 bits per heavy atom. The number of benzene rings is 1. The molecule has 1 aromatic carbocycles. The minimum atomic E-state index is -4.21. The average molecular weight is 262 g/mol. The van der Waals surface area contributed by atoms with Gasteiger partial charge in [0.25, 0.3) is 5.69 Å². The number of hydrogen-bond donors (Lipinski definition) is 1. The number of primary sulfonamides is 1. The van der Waals surface area contributed by atoms with E-state index in [9.17, 15) is 18.5 Å². The van der Waals surface area contributed by atoms with Crippen LogP contribution in [-0.4, -0.2) is 27.6 Å². The van der Waals surface area contributed by atoms with Gasteiger partial charge in [-0.2, -0.15) is 0 Å². The number of sulfonamides is 1. The first-order valence-electron chi connectivity index (χ1n) is 4.24. The maximum atomic E-state index is 11.2. The highest BCUT2D eigenvalue weighted by atomic mass is 32.2. The molecule has 0 aromatic heterocycles. The molecule has 0 saturated heterocycles. The minimum absolute atomic E-state index is 0.0436. The van der Waals surface area contributed by atoms with Crippen LogP contribution in [0.3, 0.4) is 0 Å². The van der Waals surface area contributed by atoms with Crippen LogP contribution >= 0.6 is 0 Å². The van der Waals surface area contributed by atoms with Gasteiger partial charge in [0, 0.05) is 6.07 Å². The first-order chi connectivity index (χ1) is 7.81. The molecule has 94 valence electrons. The van der Waals surface area contributed by atoms with E-state index in [1.54, 1.807) is 0 Å². The van der Waals surface area contributed by atoms with Crippen molar-refractivity contribution in [3.8, 4) is 11.5 Å². The van der Waals surface area contributed by atoms with Crippen molar-refractivity contribution < 1.29 is 22.8 Å². The van der Waals surface area contributed by atoms with E-state index >= 15 is 0 Å². The monoisotopic (exact) mass is 262 g/mol. The van der Waals surface area contributed by atoms with Gasteiger partial charge in [-0.25, -0.2) is 13.6 Å². The molecule has 0 aliphatic carbocycles. The fourth-order valence-electron chi connectivity index (χ4n) is 1.22. The van der Waals surface area contributed by atoms with Crippen molar-refractivity contribution in [2.75, 3.05) is 14.2 Å². The molecule has 0 atom stereocenters. The largest absolute Gasteiger partial charge is 0.493 e. The Labute approximate surface area is 97.1 Å². The highest BCUT2D eigenvalue weighted by molar-refractivity contribution is 7.89. The topological polar surface area (TPSA) is 122 Å². The van der Waals surface area contributed by atoms with Gasteiger partial charge in [0.05, 0.1) is 25.2 Å². The summed E-state index contributed by atoms with van der Waals surface area (Å²) in [6, 6.07) is 1.89. The number of methoxy groups -OCH3 is 2. The van der Waals surface area contributed by atoms with Crippen molar-refractivity contribution in [2.45, 2.75) is 4.90 Å². The predicted molar refractivity (Wildman–Crippen MR) is 57.6 cm³/mol. The quantitative estimate of drug-likeness (QED) is 0.613. The molecule has 0 bridgehead atoms. The Hall–Kier alpha value is -1.87. The van der Waals surface area contributed by atoms with Crippen molar-refractivity contribution in [1.29, 1.82) is 0 Å². The normalized spacial score (nSPS) is 11.0. The van der Waals surface area contributed by atoms with E-state index in [0.29, 0.717) is 0 Å². The third-order valence-electron chi connectivity index (χ3n) is 1.97. The van der Waals surface area contributed by atoms with Crippen molar-refractivity contribution >= 4 is 15.7 Å². The molecule has 0 fully saturated rings. The summed E-state index contributed by atoms with van der Waals surface area (Å²) >= 11 is 0. The van der Waals surface area contributed by atoms with Crippen molar-refractivity contribution in [1.82, 2.24) is 0 Å². The number of nitrogens with zero attached hydrogens (tertiary/aromatic N) is 1. The highest BCUT2D eigenvalue weighted by Gasteiger charge is 2.26. The Morgan fingerprint density at radius 2 is 1.71 bits per heavy atom. The first-order valence-corrected chi connectivity index (χ1v) is 5.79. The van der Waals surface area contributed by atoms with Crippen LogP contribution in [0.25, 0.3) is 0 Å². The molecule has 8 nitrogen and oxygen atoms in total. The predicted octanol–water partition coefficient (Wildman–Crippen LogP) is 0.259. The van der Waals surface area contributed by atoms with Gasteiger partial charge in [0.15, 0.2) is 16.4 Å². The Kier molecular flexibility index (Phi) is 3.53. The van der Waals surface area contributed by atoms with E-state index < -0.39 is 25.5 Å². The van der Waals surface area contributed by atoms with Crippen LogP contribution < -0.4 is 14.6 Å². The zero-order valence-electron chi connectivity index (χ0n) is 9.04. The van der Waals surface area contributed by atoms with Gasteiger partial charge in [0.1, 0.15) is 0 Å². The second-order valence-electron chi connectivity index (χ2n) is 2.98. The molecule has 0 amide bonds. The van der Waals surface area contributed by atoms with Gasteiger partial charge in [-0.05, 0) is 0 Å². The Morgan fingerprint density at radius 3 is 2.06 bits per heavy atom. The molecule has 0 spiro atoms. The maximum Gasteiger partial charge on any atom is 0.293 e. The molecule has 0 saturated carbocycles. The van der Waals surface area contributed by atoms with Crippen LogP contribution in [0.5, 0.6) is 11.5 Å². The Balaban J connectivity index is 3.64. The second-order valence-corrected chi connectivity index (χ2v) is 4.51. The lowest BCUT2D eigenvalue weighted by Crippen LogP contribution is -2.14. The SMILES string of the molecule is COc1cc([N+](=O)[O-])c(S(N)(=O)=O)cc1OC. The zero-order valence-corrected chi connectivity index (χ0v) is 9.85. The molecule has 0 aliphatic rings. The minimum Gasteiger partial charge on any atom is -0.493 e. The molecule has 9 heteroatoms. The summed E-state index contributed by atoms with van der Waals surface area (Å²) in [6.45, 7) is 0. The van der Waals surface area contributed by atoms with Crippen molar-refractivity contribution in [2.24, 2.45) is 5.14 Å². The summed E-state index contributed by atoms with van der Waals surface area (Å²) in [7, 11) is -1.66. The van der Waals surface area contributed by atoms with Gasteiger partial charge in [-0.1, -0.05) is 0 Å². The summed E-state index contributed by atoms with van der Waals surface area (Å²) in [5.41, 5.74) is -0.662. The van der Waals surface area contributed by atoms with E-state index in [0.717, 1.165) is 12.1 Å². The standard InChI is InChI=1S/C8H10N2O6S/c1-15-6-3-5(10(11)12)8(17(9,13)14)4-7(6)16-2/h3-4H,1-2H3,(H2,9,13,14). The lowest BCUT2D eigenvalue weighted by Gasteiger charge is -2.09. The summed E-state index contributed by atoms with van der Waals surface area (Å²) in [6.07, 6.45) is 0. The van der Waals surface area contributed by atoms with Crippen LogP contribution in [0.1, 0.15) is 0 Å². The van der Waals surface area contributed by atoms with E-state index in [1.807, 2.05) is 0 Å². The van der Waals surface area contributed by atoms with Crippen LogP contribution in [0, 0.1) is 10.1 Å². The molecule has 1 aromatic rings.